The maximum Gasteiger partial charge on any atom is 0.254 e. The highest BCUT2D eigenvalue weighted by atomic mass is 79.9. The summed E-state index contributed by atoms with van der Waals surface area (Å²) in [5.74, 6) is 1.59. The van der Waals surface area contributed by atoms with E-state index in [9.17, 15) is 4.79 Å². The van der Waals surface area contributed by atoms with Gasteiger partial charge in [-0.25, -0.2) is 0 Å². The Morgan fingerprint density at radius 3 is 2.58 bits per heavy atom. The van der Waals surface area contributed by atoms with Gasteiger partial charge in [-0.05, 0) is 47.3 Å². The molecule has 0 N–H and O–H groups in total. The molecule has 2 aliphatic heterocycles. The van der Waals surface area contributed by atoms with E-state index in [1.54, 1.807) is 13.2 Å². The number of piperidine rings is 1. The van der Waals surface area contributed by atoms with Gasteiger partial charge in [0.25, 0.3) is 5.91 Å². The van der Waals surface area contributed by atoms with E-state index in [-0.39, 0.29) is 12.2 Å². The normalized spacial score (nSPS) is 19.0. The summed E-state index contributed by atoms with van der Waals surface area (Å²) >= 11 is 3.51. The van der Waals surface area contributed by atoms with E-state index in [0.29, 0.717) is 55.9 Å². The van der Waals surface area contributed by atoms with Gasteiger partial charge in [0.05, 0.1) is 31.4 Å². The lowest BCUT2D eigenvalue weighted by molar-refractivity contribution is -0.0956. The van der Waals surface area contributed by atoms with Crippen LogP contribution in [0.3, 0.4) is 0 Å². The Morgan fingerprint density at radius 1 is 1.27 bits per heavy atom. The second-order valence-corrected chi connectivity index (χ2v) is 7.43. The van der Waals surface area contributed by atoms with Gasteiger partial charge in [-0.3, -0.25) is 4.79 Å². The van der Waals surface area contributed by atoms with Crippen LogP contribution in [0.2, 0.25) is 0 Å². The minimum atomic E-state index is -0.100. The summed E-state index contributed by atoms with van der Waals surface area (Å²) in [5.41, 5.74) is 0.601. The van der Waals surface area contributed by atoms with Crippen molar-refractivity contribution in [2.24, 2.45) is 5.92 Å². The molecule has 26 heavy (non-hydrogen) atoms. The number of likely N-dealkylation sites (tertiary alicyclic amines) is 1. The van der Waals surface area contributed by atoms with Crippen LogP contribution in [-0.4, -0.2) is 57.1 Å². The molecule has 2 saturated heterocycles. The van der Waals surface area contributed by atoms with Crippen molar-refractivity contribution in [2.75, 3.05) is 40.0 Å². The van der Waals surface area contributed by atoms with E-state index in [1.807, 2.05) is 17.9 Å². The summed E-state index contributed by atoms with van der Waals surface area (Å²) in [5, 5.41) is 0. The molecule has 2 heterocycles. The Bertz CT molecular complexity index is 625. The topological polar surface area (TPSA) is 57.2 Å². The Labute approximate surface area is 162 Å². The molecule has 0 saturated carbocycles. The van der Waals surface area contributed by atoms with Crippen LogP contribution in [0.15, 0.2) is 16.6 Å². The van der Waals surface area contributed by atoms with Crippen LogP contribution in [0.4, 0.5) is 0 Å². The number of hydrogen-bond donors (Lipinski definition) is 0. The lowest BCUT2D eigenvalue weighted by Gasteiger charge is -2.34. The van der Waals surface area contributed by atoms with Crippen molar-refractivity contribution < 1.29 is 23.7 Å². The van der Waals surface area contributed by atoms with E-state index in [1.165, 1.54) is 0 Å². The molecular weight excluding hydrogens is 402 g/mol. The molecule has 144 valence electrons. The van der Waals surface area contributed by atoms with Crippen molar-refractivity contribution in [3.63, 3.8) is 0 Å². The number of rotatable bonds is 6. The van der Waals surface area contributed by atoms with Crippen molar-refractivity contribution in [3.8, 4) is 11.5 Å². The van der Waals surface area contributed by atoms with Crippen molar-refractivity contribution >= 4 is 21.8 Å². The largest absolute Gasteiger partial charge is 0.493 e. The molecular formula is C19H26BrNO5. The molecule has 0 aromatic heterocycles. The Morgan fingerprint density at radius 2 is 1.96 bits per heavy atom. The molecule has 1 aromatic rings. The first-order chi connectivity index (χ1) is 12.6. The molecule has 1 aromatic carbocycles. The van der Waals surface area contributed by atoms with Crippen LogP contribution in [0.25, 0.3) is 0 Å². The summed E-state index contributed by atoms with van der Waals surface area (Å²) < 4.78 is 23.1. The smallest absolute Gasteiger partial charge is 0.254 e. The fourth-order valence-electron chi connectivity index (χ4n) is 3.39. The molecule has 2 aliphatic rings. The zero-order valence-corrected chi connectivity index (χ0v) is 16.9. The number of amides is 1. The first kappa shape index (κ1) is 19.5. The van der Waals surface area contributed by atoms with E-state index in [0.717, 1.165) is 23.7 Å². The van der Waals surface area contributed by atoms with Crippen LogP contribution in [0.5, 0.6) is 11.5 Å². The number of carbonyl (C=O) groups is 1. The predicted molar refractivity (Wildman–Crippen MR) is 101 cm³/mol. The molecule has 6 nitrogen and oxygen atoms in total. The molecule has 0 atom stereocenters. The zero-order valence-electron chi connectivity index (χ0n) is 15.3. The zero-order chi connectivity index (χ0) is 18.5. The van der Waals surface area contributed by atoms with Gasteiger partial charge in [-0.15, -0.1) is 0 Å². The van der Waals surface area contributed by atoms with Crippen LogP contribution in [0, 0.1) is 5.92 Å². The number of ether oxygens (including phenoxy) is 4. The van der Waals surface area contributed by atoms with Gasteiger partial charge in [0, 0.05) is 24.6 Å². The lowest BCUT2D eigenvalue weighted by atomic mass is 9.95. The van der Waals surface area contributed by atoms with E-state index in [4.69, 9.17) is 18.9 Å². The molecule has 0 aliphatic carbocycles. The second-order valence-electron chi connectivity index (χ2n) is 6.58. The van der Waals surface area contributed by atoms with Crippen molar-refractivity contribution in [2.45, 2.75) is 32.5 Å². The quantitative estimate of drug-likeness (QED) is 0.695. The van der Waals surface area contributed by atoms with Gasteiger partial charge in [-0.2, -0.15) is 0 Å². The van der Waals surface area contributed by atoms with Gasteiger partial charge in [0.15, 0.2) is 17.8 Å². The standard InChI is InChI=1S/C19H26BrNO5/c1-3-8-24-17-15(20)11-14(12-16(17)23-2)18(22)21-6-4-13(5-7-21)19-25-9-10-26-19/h11-13,19H,3-10H2,1-2H3. The van der Waals surface area contributed by atoms with E-state index < -0.39 is 0 Å². The molecule has 0 bridgehead atoms. The van der Waals surface area contributed by atoms with Crippen molar-refractivity contribution in [1.82, 2.24) is 4.90 Å². The highest BCUT2D eigenvalue weighted by Gasteiger charge is 2.32. The monoisotopic (exact) mass is 427 g/mol. The summed E-state index contributed by atoms with van der Waals surface area (Å²) in [6.45, 7) is 5.40. The molecule has 7 heteroatoms. The predicted octanol–water partition coefficient (Wildman–Crippen LogP) is 3.47. The van der Waals surface area contributed by atoms with Crippen molar-refractivity contribution in [3.05, 3.63) is 22.2 Å². The number of benzene rings is 1. The third-order valence-corrected chi connectivity index (χ3v) is 5.38. The van der Waals surface area contributed by atoms with Gasteiger partial charge in [0.1, 0.15) is 0 Å². The van der Waals surface area contributed by atoms with E-state index in [2.05, 4.69) is 15.9 Å². The SMILES string of the molecule is CCCOc1c(Br)cc(C(=O)N2CCC(C3OCCO3)CC2)cc1OC. The molecule has 0 spiro atoms. The maximum absolute atomic E-state index is 12.9. The minimum absolute atomic E-state index is 0.0118. The highest BCUT2D eigenvalue weighted by Crippen LogP contribution is 2.37. The molecule has 0 radical (unpaired) electrons. The van der Waals surface area contributed by atoms with Crippen molar-refractivity contribution in [1.29, 1.82) is 0 Å². The van der Waals surface area contributed by atoms with Crippen LogP contribution in [-0.2, 0) is 9.47 Å². The third-order valence-electron chi connectivity index (χ3n) is 4.79. The first-order valence-electron chi connectivity index (χ1n) is 9.16. The number of methoxy groups -OCH3 is 1. The Hall–Kier alpha value is -1.31. The number of hydrogen-bond acceptors (Lipinski definition) is 5. The third kappa shape index (κ3) is 4.32. The average Bonchev–Trinajstić information content (AvgIpc) is 3.21. The van der Waals surface area contributed by atoms with Gasteiger partial charge < -0.3 is 23.8 Å². The van der Waals surface area contributed by atoms with Gasteiger partial charge >= 0.3 is 0 Å². The summed E-state index contributed by atoms with van der Waals surface area (Å²) in [6.07, 6.45) is 2.59. The molecule has 0 unspecified atom stereocenters. The maximum atomic E-state index is 12.9. The Balaban J connectivity index is 1.67. The second kappa shape index (κ2) is 9.06. The molecule has 3 rings (SSSR count). The number of carbonyl (C=O) groups excluding carboxylic acids is 1. The lowest BCUT2D eigenvalue weighted by Crippen LogP contribution is -2.41. The van der Waals surface area contributed by atoms with Gasteiger partial charge in [0.2, 0.25) is 0 Å². The van der Waals surface area contributed by atoms with Crippen LogP contribution in [0.1, 0.15) is 36.5 Å². The molecule has 2 fully saturated rings. The molecule has 1 amide bonds. The summed E-state index contributed by atoms with van der Waals surface area (Å²) in [7, 11) is 1.59. The number of nitrogens with zero attached hydrogens (tertiary/aromatic N) is 1. The summed E-state index contributed by atoms with van der Waals surface area (Å²) in [4.78, 5) is 14.8. The van der Waals surface area contributed by atoms with E-state index >= 15 is 0 Å². The minimum Gasteiger partial charge on any atom is -0.493 e. The number of halogens is 1. The van der Waals surface area contributed by atoms with Crippen LogP contribution >= 0.6 is 15.9 Å². The van der Waals surface area contributed by atoms with Gasteiger partial charge in [-0.1, -0.05) is 6.92 Å². The fraction of sp³-hybridized carbons (Fsp3) is 0.632. The average molecular weight is 428 g/mol. The fourth-order valence-corrected chi connectivity index (χ4v) is 3.95. The highest BCUT2D eigenvalue weighted by molar-refractivity contribution is 9.10. The van der Waals surface area contributed by atoms with Crippen LogP contribution < -0.4 is 9.47 Å². The summed E-state index contributed by atoms with van der Waals surface area (Å²) in [6, 6.07) is 3.57. The first-order valence-corrected chi connectivity index (χ1v) is 9.96. The Kier molecular flexibility index (Phi) is 6.78.